The number of aliphatic hydroxyl groups is 1. The number of nitrogens with zero attached hydrogens (tertiary/aromatic N) is 3. The van der Waals surface area contributed by atoms with Crippen LogP contribution in [0.25, 0.3) is 0 Å². The maximum atomic E-state index is 12.1. The van der Waals surface area contributed by atoms with E-state index >= 15 is 0 Å². The fourth-order valence-corrected chi connectivity index (χ4v) is 14.1. The molecule has 8 unspecified atom stereocenters. The van der Waals surface area contributed by atoms with Crippen LogP contribution in [0.4, 0.5) is 0 Å². The van der Waals surface area contributed by atoms with Crippen LogP contribution in [-0.2, 0) is 23.7 Å². The van der Waals surface area contributed by atoms with Crippen molar-refractivity contribution in [2.24, 2.45) is 55.6 Å². The van der Waals surface area contributed by atoms with E-state index in [0.717, 1.165) is 57.4 Å². The number of carbonyl (C=O) groups excluding carboxylic acids is 1. The Bertz CT molecular complexity index is 1400. The van der Waals surface area contributed by atoms with Crippen LogP contribution in [0.2, 0.25) is 0 Å². The van der Waals surface area contributed by atoms with E-state index in [-0.39, 0.29) is 41.6 Å². The fraction of sp³-hybridized carbons (Fsp3) is 0.977. The summed E-state index contributed by atoms with van der Waals surface area (Å²) in [5, 5.41) is 25.4. The zero-order valence-electron chi connectivity index (χ0n) is 34.7. The molecule has 0 aromatic rings. The summed E-state index contributed by atoms with van der Waals surface area (Å²) in [6, 6.07) is 0. The molecule has 1 amide bonds. The fourth-order valence-electron chi connectivity index (χ4n) is 14.1. The summed E-state index contributed by atoms with van der Waals surface area (Å²) in [6.07, 6.45) is 13.9. The Kier molecular flexibility index (Phi) is 10.7. The van der Waals surface area contributed by atoms with Crippen LogP contribution in [0.5, 0.6) is 0 Å². The van der Waals surface area contributed by atoms with Crippen LogP contribution in [0.1, 0.15) is 126 Å². The summed E-state index contributed by atoms with van der Waals surface area (Å²) in [5.74, 6) is 2.97. The minimum atomic E-state index is -0.911. The highest BCUT2D eigenvalue weighted by molar-refractivity contribution is 5.75. The van der Waals surface area contributed by atoms with Gasteiger partial charge in [0, 0.05) is 58.7 Å². The summed E-state index contributed by atoms with van der Waals surface area (Å²) in [4.78, 5) is 14.6. The van der Waals surface area contributed by atoms with E-state index in [1.165, 1.54) is 51.4 Å². The molecule has 5 saturated carbocycles. The standard InChI is InChI=1S/C43H73N5O6/c1-8-51-37(39(4,5)50)31-11-9-29-32(53-31)25-30-28-10-12-33-38(2,3)34(13-16-43(33)27-42(28,43)18-17-40(29,30)6)54-36-26-48(23-24-52-36)22-21-44-19-20-45-35(49)14-15-41(7)46-47-41/h28-34,36-37,44,50H,8-27H2,1-7H3,(H,45,49)/t28?,29?,30?,31?,32?,33?,34-,36?,37-,40?,42-,43+/m0/s1. The molecule has 2 spiro atoms. The number of fused-ring (bicyclic) bond motifs is 4. The lowest BCUT2D eigenvalue weighted by molar-refractivity contribution is -0.245. The molecule has 3 N–H and O–H groups in total. The SMILES string of the molecule is CCO[C@@H](C1CCC2C(CC3C4CCC5C(C)(C)[C@@H](OC6CN(CCNCCNC(=O)CCC7(C)N=N7)CCO6)CC[C@@]56C[C@@]46CCC23C)O1)C(C)(C)O. The highest BCUT2D eigenvalue weighted by atomic mass is 16.7. The third kappa shape index (κ3) is 7.03. The number of rotatable bonds is 15. The molecule has 5 aliphatic carbocycles. The average molecular weight is 756 g/mol. The van der Waals surface area contributed by atoms with E-state index in [4.69, 9.17) is 18.9 Å². The van der Waals surface area contributed by atoms with Crippen LogP contribution in [0.3, 0.4) is 0 Å². The predicted octanol–water partition coefficient (Wildman–Crippen LogP) is 6.08. The number of amides is 1. The predicted molar refractivity (Wildman–Crippen MR) is 207 cm³/mol. The molecular formula is C43H73N5O6. The van der Waals surface area contributed by atoms with Crippen molar-refractivity contribution in [3.8, 4) is 0 Å². The van der Waals surface area contributed by atoms with Crippen molar-refractivity contribution in [3.05, 3.63) is 0 Å². The third-order valence-corrected chi connectivity index (χ3v) is 16.9. The van der Waals surface area contributed by atoms with Crippen molar-refractivity contribution in [2.45, 2.75) is 167 Å². The highest BCUT2D eigenvalue weighted by Gasteiger charge is 2.80. The number of morpholine rings is 1. The molecule has 11 nitrogen and oxygen atoms in total. The molecule has 7 fully saturated rings. The van der Waals surface area contributed by atoms with E-state index in [0.29, 0.717) is 66.8 Å². The van der Waals surface area contributed by atoms with Crippen molar-refractivity contribution in [1.82, 2.24) is 15.5 Å². The molecule has 12 atom stereocenters. The number of ether oxygens (including phenoxy) is 4. The van der Waals surface area contributed by atoms with Gasteiger partial charge in [-0.05, 0) is 137 Å². The van der Waals surface area contributed by atoms with E-state index < -0.39 is 5.60 Å². The quantitative estimate of drug-likeness (QED) is 0.172. The van der Waals surface area contributed by atoms with Gasteiger partial charge in [0.25, 0.3) is 0 Å². The smallest absolute Gasteiger partial charge is 0.220 e. The van der Waals surface area contributed by atoms with Gasteiger partial charge in [-0.25, -0.2) is 0 Å². The molecule has 8 aliphatic rings. The van der Waals surface area contributed by atoms with Gasteiger partial charge < -0.3 is 34.7 Å². The van der Waals surface area contributed by atoms with Crippen LogP contribution < -0.4 is 10.6 Å². The summed E-state index contributed by atoms with van der Waals surface area (Å²) in [7, 11) is 0. The molecular weight excluding hydrogens is 683 g/mol. The molecule has 11 heteroatoms. The molecule has 3 aliphatic heterocycles. The molecule has 2 saturated heterocycles. The molecule has 8 rings (SSSR count). The van der Waals surface area contributed by atoms with Crippen LogP contribution in [0, 0.1) is 45.3 Å². The minimum absolute atomic E-state index is 0.0227. The Hall–Kier alpha value is -1.21. The second-order valence-corrected chi connectivity index (χ2v) is 20.6. The zero-order valence-corrected chi connectivity index (χ0v) is 34.7. The Morgan fingerprint density at radius 1 is 0.981 bits per heavy atom. The first kappa shape index (κ1) is 39.6. The van der Waals surface area contributed by atoms with Crippen LogP contribution in [0.15, 0.2) is 10.2 Å². The van der Waals surface area contributed by atoms with Gasteiger partial charge in [0.2, 0.25) is 5.91 Å². The minimum Gasteiger partial charge on any atom is -0.388 e. The van der Waals surface area contributed by atoms with Gasteiger partial charge in [0.05, 0.1) is 30.5 Å². The van der Waals surface area contributed by atoms with Gasteiger partial charge in [0.15, 0.2) is 12.0 Å². The number of nitrogens with one attached hydrogen (secondary N) is 2. The lowest BCUT2D eigenvalue weighted by Crippen LogP contribution is -2.56. The number of hydrogen-bond donors (Lipinski definition) is 3. The van der Waals surface area contributed by atoms with Crippen molar-refractivity contribution >= 4 is 5.91 Å². The average Bonchev–Trinajstić information content (AvgIpc) is 4.01. The topological polar surface area (TPSA) is 126 Å². The first-order valence-electron chi connectivity index (χ1n) is 22.0. The first-order chi connectivity index (χ1) is 25.6. The third-order valence-electron chi connectivity index (χ3n) is 16.9. The van der Waals surface area contributed by atoms with E-state index in [2.05, 4.69) is 46.5 Å². The number of hydrogen-bond acceptors (Lipinski definition) is 10. The second kappa shape index (κ2) is 14.6. The van der Waals surface area contributed by atoms with Crippen molar-refractivity contribution < 1.29 is 28.8 Å². The normalized spacial score (nSPS) is 43.6. The molecule has 0 radical (unpaired) electrons. The van der Waals surface area contributed by atoms with E-state index in [9.17, 15) is 9.90 Å². The summed E-state index contributed by atoms with van der Waals surface area (Å²) in [6.45, 7) is 21.7. The maximum absolute atomic E-state index is 12.1. The first-order valence-corrected chi connectivity index (χ1v) is 22.0. The Morgan fingerprint density at radius 2 is 1.78 bits per heavy atom. The molecule has 54 heavy (non-hydrogen) atoms. The number of carbonyl (C=O) groups is 1. The van der Waals surface area contributed by atoms with Crippen molar-refractivity contribution in [2.75, 3.05) is 52.5 Å². The summed E-state index contributed by atoms with van der Waals surface area (Å²) >= 11 is 0. The van der Waals surface area contributed by atoms with Gasteiger partial charge in [-0.2, -0.15) is 10.2 Å². The van der Waals surface area contributed by atoms with E-state index in [1.807, 2.05) is 27.7 Å². The molecule has 0 aromatic carbocycles. The van der Waals surface area contributed by atoms with Gasteiger partial charge in [-0.1, -0.05) is 20.8 Å². The zero-order chi connectivity index (χ0) is 38.1. The lowest BCUT2D eigenvalue weighted by Gasteiger charge is -2.60. The Morgan fingerprint density at radius 3 is 2.54 bits per heavy atom. The largest absolute Gasteiger partial charge is 0.388 e. The van der Waals surface area contributed by atoms with Crippen molar-refractivity contribution in [3.63, 3.8) is 0 Å². The Labute approximate surface area is 325 Å². The van der Waals surface area contributed by atoms with Gasteiger partial charge >= 0.3 is 0 Å². The lowest BCUT2D eigenvalue weighted by atomic mass is 9.46. The second-order valence-electron chi connectivity index (χ2n) is 20.6. The van der Waals surface area contributed by atoms with Gasteiger partial charge in [0.1, 0.15) is 6.10 Å². The van der Waals surface area contributed by atoms with Crippen LogP contribution in [-0.4, -0.2) is 110 Å². The summed E-state index contributed by atoms with van der Waals surface area (Å²) in [5.41, 5.74) is 0.248. The maximum Gasteiger partial charge on any atom is 0.220 e. The monoisotopic (exact) mass is 756 g/mol. The molecule has 0 bridgehead atoms. The summed E-state index contributed by atoms with van der Waals surface area (Å²) < 4.78 is 26.4. The van der Waals surface area contributed by atoms with Gasteiger partial charge in [-0.15, -0.1) is 0 Å². The highest BCUT2D eigenvalue weighted by Crippen LogP contribution is 2.87. The van der Waals surface area contributed by atoms with Gasteiger partial charge in [-0.3, -0.25) is 9.69 Å². The van der Waals surface area contributed by atoms with Crippen molar-refractivity contribution in [1.29, 1.82) is 0 Å². The van der Waals surface area contributed by atoms with E-state index in [1.54, 1.807) is 0 Å². The molecule has 0 aromatic heterocycles. The Balaban J connectivity index is 0.825. The molecule has 306 valence electrons. The van der Waals surface area contributed by atoms with Crippen LogP contribution >= 0.6 is 0 Å². The molecule has 3 heterocycles.